The number of carbonyl (C=O) groups excluding carboxylic acids is 1. The first-order chi connectivity index (χ1) is 11.6. The van der Waals surface area contributed by atoms with Gasteiger partial charge in [-0.2, -0.15) is 4.37 Å². The third kappa shape index (κ3) is 4.18. The van der Waals surface area contributed by atoms with Crippen molar-refractivity contribution in [3.63, 3.8) is 0 Å². The van der Waals surface area contributed by atoms with Gasteiger partial charge in [0.05, 0.1) is 11.4 Å². The Morgan fingerprint density at radius 1 is 1.08 bits per heavy atom. The van der Waals surface area contributed by atoms with Gasteiger partial charge < -0.3 is 5.32 Å². The Balaban J connectivity index is 1.57. The largest absolute Gasteiger partial charge is 0.316 e. The van der Waals surface area contributed by atoms with Crippen molar-refractivity contribution in [1.82, 2.24) is 4.37 Å². The number of benzene rings is 2. The van der Waals surface area contributed by atoms with Crippen molar-refractivity contribution in [2.75, 3.05) is 11.1 Å². The van der Waals surface area contributed by atoms with Crippen molar-refractivity contribution in [3.8, 4) is 11.3 Å². The molecule has 2 aromatic carbocycles. The topological polar surface area (TPSA) is 42.0 Å². The Morgan fingerprint density at radius 2 is 1.88 bits per heavy atom. The number of hydrogen-bond donors (Lipinski definition) is 1. The first-order valence-corrected chi connectivity index (χ1v) is 8.77. The second-order valence-electron chi connectivity index (χ2n) is 4.86. The van der Waals surface area contributed by atoms with Crippen LogP contribution in [0, 0.1) is 11.6 Å². The lowest BCUT2D eigenvalue weighted by atomic mass is 10.2. The van der Waals surface area contributed by atoms with Crippen molar-refractivity contribution in [2.45, 2.75) is 4.90 Å². The van der Waals surface area contributed by atoms with Gasteiger partial charge in [-0.1, -0.05) is 30.3 Å². The normalized spacial score (nSPS) is 10.6. The summed E-state index contributed by atoms with van der Waals surface area (Å²) in [6.45, 7) is 0. The van der Waals surface area contributed by atoms with Gasteiger partial charge in [-0.25, -0.2) is 8.78 Å². The van der Waals surface area contributed by atoms with Crippen molar-refractivity contribution in [3.05, 3.63) is 66.2 Å². The van der Waals surface area contributed by atoms with E-state index in [1.165, 1.54) is 17.6 Å². The summed E-state index contributed by atoms with van der Waals surface area (Å²) < 4.78 is 30.3. The maximum absolute atomic E-state index is 13.1. The van der Waals surface area contributed by atoms with Crippen LogP contribution in [0.1, 0.15) is 0 Å². The average Bonchev–Trinajstić information content (AvgIpc) is 3.05. The van der Waals surface area contributed by atoms with Crippen LogP contribution in [0.15, 0.2) is 59.5 Å². The summed E-state index contributed by atoms with van der Waals surface area (Å²) in [6, 6.07) is 15.0. The minimum Gasteiger partial charge on any atom is -0.316 e. The Kier molecular flexibility index (Phi) is 5.22. The van der Waals surface area contributed by atoms with Crippen LogP contribution in [0.2, 0.25) is 0 Å². The minimum absolute atomic E-state index is 0.101. The molecule has 0 saturated carbocycles. The molecule has 24 heavy (non-hydrogen) atoms. The number of nitrogens with one attached hydrogen (secondary N) is 1. The number of nitrogens with zero attached hydrogens (tertiary/aromatic N) is 1. The Morgan fingerprint density at radius 3 is 2.62 bits per heavy atom. The zero-order valence-corrected chi connectivity index (χ0v) is 14.0. The molecule has 3 aromatic rings. The summed E-state index contributed by atoms with van der Waals surface area (Å²) in [4.78, 5) is 12.5. The van der Waals surface area contributed by atoms with Gasteiger partial charge in [0, 0.05) is 16.5 Å². The Hall–Kier alpha value is -2.25. The molecular weight excluding hydrogens is 350 g/mol. The molecule has 0 aliphatic heterocycles. The summed E-state index contributed by atoms with van der Waals surface area (Å²) in [5.41, 5.74) is 1.77. The second-order valence-corrected chi connectivity index (χ2v) is 6.71. The van der Waals surface area contributed by atoms with E-state index in [1.807, 2.05) is 30.3 Å². The number of halogens is 2. The maximum Gasteiger partial charge on any atom is 0.235 e. The van der Waals surface area contributed by atoms with E-state index in [4.69, 9.17) is 0 Å². The Bertz CT molecular complexity index is 853. The number of rotatable bonds is 5. The van der Waals surface area contributed by atoms with E-state index in [2.05, 4.69) is 9.69 Å². The van der Waals surface area contributed by atoms with Crippen LogP contribution in [0.25, 0.3) is 11.3 Å². The number of amides is 1. The average molecular weight is 362 g/mol. The fraction of sp³-hybridized carbons (Fsp3) is 0.0588. The molecule has 1 heterocycles. The lowest BCUT2D eigenvalue weighted by Gasteiger charge is -2.03. The lowest BCUT2D eigenvalue weighted by molar-refractivity contribution is -0.113. The predicted octanol–water partition coefficient (Wildman–Crippen LogP) is 4.82. The van der Waals surface area contributed by atoms with E-state index in [1.54, 1.807) is 6.07 Å². The molecule has 0 radical (unpaired) electrons. The lowest BCUT2D eigenvalue weighted by Crippen LogP contribution is -2.12. The van der Waals surface area contributed by atoms with Crippen LogP contribution in [-0.2, 0) is 4.79 Å². The third-order valence-corrected chi connectivity index (χ3v) is 4.80. The molecule has 0 atom stereocenters. The highest BCUT2D eigenvalue weighted by Gasteiger charge is 2.09. The molecule has 0 unspecified atom stereocenters. The van der Waals surface area contributed by atoms with Gasteiger partial charge in [0.2, 0.25) is 5.91 Å². The summed E-state index contributed by atoms with van der Waals surface area (Å²) in [5.74, 6) is -1.95. The predicted molar refractivity (Wildman–Crippen MR) is 93.3 cm³/mol. The molecule has 0 aliphatic rings. The molecule has 3 nitrogen and oxygen atoms in total. The minimum atomic E-state index is -0.921. The van der Waals surface area contributed by atoms with Crippen LogP contribution in [0.5, 0.6) is 0 Å². The van der Waals surface area contributed by atoms with Gasteiger partial charge in [-0.05, 0) is 29.7 Å². The molecule has 1 aromatic heterocycles. The fourth-order valence-electron chi connectivity index (χ4n) is 1.97. The van der Waals surface area contributed by atoms with Crippen molar-refractivity contribution in [2.24, 2.45) is 0 Å². The molecule has 0 fully saturated rings. The van der Waals surface area contributed by atoms with Crippen molar-refractivity contribution < 1.29 is 13.6 Å². The second kappa shape index (κ2) is 7.55. The van der Waals surface area contributed by atoms with Gasteiger partial charge >= 0.3 is 0 Å². The SMILES string of the molecule is O=C(CSc1ccc(F)c(F)c1)Nc1cc(-c2ccccc2)ns1. The molecule has 3 rings (SSSR count). The zero-order chi connectivity index (χ0) is 16.9. The highest BCUT2D eigenvalue weighted by molar-refractivity contribution is 8.00. The van der Waals surface area contributed by atoms with Crippen LogP contribution in [0.4, 0.5) is 13.8 Å². The summed E-state index contributed by atoms with van der Waals surface area (Å²) in [5, 5.41) is 3.40. The maximum atomic E-state index is 13.1. The zero-order valence-electron chi connectivity index (χ0n) is 12.3. The monoisotopic (exact) mass is 362 g/mol. The first-order valence-electron chi connectivity index (χ1n) is 7.01. The molecule has 1 amide bonds. The van der Waals surface area contributed by atoms with E-state index < -0.39 is 11.6 Å². The van der Waals surface area contributed by atoms with Crippen molar-refractivity contribution in [1.29, 1.82) is 0 Å². The molecule has 0 bridgehead atoms. The molecule has 0 aliphatic carbocycles. The van der Waals surface area contributed by atoms with Gasteiger partial charge in [-0.15, -0.1) is 11.8 Å². The summed E-state index contributed by atoms with van der Waals surface area (Å²) >= 11 is 2.34. The number of hydrogen-bond acceptors (Lipinski definition) is 4. The summed E-state index contributed by atoms with van der Waals surface area (Å²) in [7, 11) is 0. The molecule has 122 valence electrons. The highest BCUT2D eigenvalue weighted by Crippen LogP contribution is 2.26. The molecule has 0 spiro atoms. The molecule has 1 N–H and O–H groups in total. The van der Waals surface area contributed by atoms with Gasteiger partial charge in [0.15, 0.2) is 11.6 Å². The van der Waals surface area contributed by atoms with E-state index >= 15 is 0 Å². The van der Waals surface area contributed by atoms with E-state index in [9.17, 15) is 13.6 Å². The quantitative estimate of drug-likeness (QED) is 0.662. The number of thioether (sulfide) groups is 1. The number of anilines is 1. The highest BCUT2D eigenvalue weighted by atomic mass is 32.2. The van der Waals surface area contributed by atoms with Gasteiger partial charge in [0.25, 0.3) is 0 Å². The van der Waals surface area contributed by atoms with E-state index in [-0.39, 0.29) is 11.7 Å². The number of carbonyl (C=O) groups is 1. The molecule has 7 heteroatoms. The van der Waals surface area contributed by atoms with Gasteiger partial charge in [0.1, 0.15) is 5.00 Å². The molecular formula is C17H12F2N2OS2. The van der Waals surface area contributed by atoms with E-state index in [0.717, 1.165) is 35.2 Å². The van der Waals surface area contributed by atoms with Crippen LogP contribution < -0.4 is 5.32 Å². The van der Waals surface area contributed by atoms with E-state index in [0.29, 0.717) is 9.90 Å². The Labute approximate surface area is 145 Å². The number of aromatic nitrogens is 1. The smallest absolute Gasteiger partial charge is 0.235 e. The van der Waals surface area contributed by atoms with Gasteiger partial charge in [-0.3, -0.25) is 4.79 Å². The third-order valence-electron chi connectivity index (χ3n) is 3.10. The standard InChI is InChI=1S/C17H12F2N2OS2/c18-13-7-6-12(8-14(13)19)23-10-16(22)20-17-9-15(21-24-17)11-4-2-1-3-5-11/h1-9H,10H2,(H,20,22). The van der Waals surface area contributed by atoms with Crippen molar-refractivity contribution >= 4 is 34.2 Å². The first kappa shape index (κ1) is 16.6. The van der Waals surface area contributed by atoms with Crippen LogP contribution in [-0.4, -0.2) is 16.0 Å². The molecule has 0 saturated heterocycles. The van der Waals surface area contributed by atoms with Crippen LogP contribution >= 0.6 is 23.3 Å². The van der Waals surface area contributed by atoms with Crippen LogP contribution in [0.3, 0.4) is 0 Å². The fourth-order valence-corrected chi connectivity index (χ4v) is 3.37. The summed E-state index contributed by atoms with van der Waals surface area (Å²) in [6.07, 6.45) is 0.